The molecule has 0 unspecified atom stereocenters. The van der Waals surface area contributed by atoms with E-state index in [1.165, 1.54) is 0 Å². The lowest BCUT2D eigenvalue weighted by Gasteiger charge is -2.03. The van der Waals surface area contributed by atoms with E-state index in [1.807, 2.05) is 36.4 Å². The summed E-state index contributed by atoms with van der Waals surface area (Å²) in [6, 6.07) is 13.1. The van der Waals surface area contributed by atoms with Crippen molar-refractivity contribution in [3.8, 4) is 5.75 Å². The molecule has 0 spiro atoms. The maximum absolute atomic E-state index is 12.5. The Morgan fingerprint density at radius 2 is 1.95 bits per heavy atom. The lowest BCUT2D eigenvalue weighted by molar-refractivity contribution is 0.0994. The molecule has 0 radical (unpaired) electrons. The van der Waals surface area contributed by atoms with Crippen LogP contribution in [0, 0.1) is 0 Å². The summed E-state index contributed by atoms with van der Waals surface area (Å²) in [7, 11) is 1.62. The first-order valence-corrected chi connectivity index (χ1v) is 6.98. The minimum Gasteiger partial charge on any atom is -0.497 e. The molecule has 0 saturated heterocycles. The Balaban J connectivity index is 1.88. The first-order chi connectivity index (χ1) is 10.2. The SMILES string of the molecule is COc1ccc(CC(=O)c2c[nH]c3c(Cl)cccc23)cc1. The minimum atomic E-state index is 0.0636. The van der Waals surface area contributed by atoms with Crippen LogP contribution in [0.15, 0.2) is 48.7 Å². The van der Waals surface area contributed by atoms with Gasteiger partial charge >= 0.3 is 0 Å². The number of carbonyl (C=O) groups is 1. The standard InChI is InChI=1S/C17H14ClNO2/c1-21-12-7-5-11(6-8-12)9-16(20)14-10-19-17-13(14)3-2-4-15(17)18/h2-8,10,19H,9H2,1H3. The van der Waals surface area contributed by atoms with Gasteiger partial charge in [0.15, 0.2) is 5.78 Å². The summed E-state index contributed by atoms with van der Waals surface area (Å²) in [6.07, 6.45) is 2.08. The Labute approximate surface area is 127 Å². The number of nitrogens with one attached hydrogen (secondary N) is 1. The number of hydrogen-bond acceptors (Lipinski definition) is 2. The van der Waals surface area contributed by atoms with Crippen molar-refractivity contribution in [2.45, 2.75) is 6.42 Å². The van der Waals surface area contributed by atoms with Crippen molar-refractivity contribution >= 4 is 28.3 Å². The molecule has 0 atom stereocenters. The average molecular weight is 300 g/mol. The number of hydrogen-bond donors (Lipinski definition) is 1. The number of fused-ring (bicyclic) bond motifs is 1. The molecule has 0 saturated carbocycles. The number of aromatic nitrogens is 1. The van der Waals surface area contributed by atoms with Crippen molar-refractivity contribution in [3.05, 3.63) is 64.8 Å². The summed E-state index contributed by atoms with van der Waals surface area (Å²) in [5.74, 6) is 0.846. The fourth-order valence-corrected chi connectivity index (χ4v) is 2.60. The first-order valence-electron chi connectivity index (χ1n) is 6.61. The van der Waals surface area contributed by atoms with Crippen molar-refractivity contribution in [2.24, 2.45) is 0 Å². The average Bonchev–Trinajstić information content (AvgIpc) is 2.93. The lowest BCUT2D eigenvalue weighted by Crippen LogP contribution is -2.02. The molecule has 0 aliphatic rings. The van der Waals surface area contributed by atoms with E-state index in [9.17, 15) is 4.79 Å². The highest BCUT2D eigenvalue weighted by Gasteiger charge is 2.13. The van der Waals surface area contributed by atoms with Gasteiger partial charge in [-0.25, -0.2) is 0 Å². The predicted octanol–water partition coefficient (Wildman–Crippen LogP) is 4.26. The molecule has 4 heteroatoms. The number of aromatic amines is 1. The predicted molar refractivity (Wildman–Crippen MR) is 84.3 cm³/mol. The van der Waals surface area contributed by atoms with Gasteiger partial charge in [0.2, 0.25) is 0 Å². The maximum atomic E-state index is 12.5. The quantitative estimate of drug-likeness (QED) is 0.732. The third kappa shape index (κ3) is 2.65. The molecule has 1 aromatic heterocycles. The molecule has 21 heavy (non-hydrogen) atoms. The number of ketones is 1. The second kappa shape index (κ2) is 5.62. The van der Waals surface area contributed by atoms with E-state index in [2.05, 4.69) is 4.98 Å². The fourth-order valence-electron chi connectivity index (χ4n) is 2.37. The number of carbonyl (C=O) groups excluding carboxylic acids is 1. The number of Topliss-reactive ketones (excluding diaryl/α,β-unsaturated/α-hetero) is 1. The van der Waals surface area contributed by atoms with Gasteiger partial charge in [0.1, 0.15) is 5.75 Å². The molecule has 3 rings (SSSR count). The second-order valence-electron chi connectivity index (χ2n) is 4.81. The van der Waals surface area contributed by atoms with Crippen LogP contribution in [0.1, 0.15) is 15.9 Å². The molecule has 3 nitrogen and oxygen atoms in total. The molecule has 2 aromatic carbocycles. The zero-order valence-corrected chi connectivity index (χ0v) is 12.3. The topological polar surface area (TPSA) is 42.1 Å². The largest absolute Gasteiger partial charge is 0.497 e. The molecule has 0 aliphatic carbocycles. The summed E-state index contributed by atoms with van der Waals surface area (Å²) in [6.45, 7) is 0. The van der Waals surface area contributed by atoms with Gasteiger partial charge in [0.05, 0.1) is 17.6 Å². The Hall–Kier alpha value is -2.26. The van der Waals surface area contributed by atoms with E-state index in [4.69, 9.17) is 16.3 Å². The van der Waals surface area contributed by atoms with E-state index in [0.29, 0.717) is 17.0 Å². The Morgan fingerprint density at radius 3 is 2.67 bits per heavy atom. The van der Waals surface area contributed by atoms with Crippen LogP contribution in [0.3, 0.4) is 0 Å². The van der Waals surface area contributed by atoms with Crippen LogP contribution in [0.4, 0.5) is 0 Å². The molecule has 0 bridgehead atoms. The van der Waals surface area contributed by atoms with Crippen LogP contribution in [-0.2, 0) is 6.42 Å². The van der Waals surface area contributed by atoms with Gasteiger partial charge in [0.25, 0.3) is 0 Å². The van der Waals surface area contributed by atoms with Gasteiger partial charge in [-0.1, -0.05) is 35.9 Å². The highest BCUT2D eigenvalue weighted by Crippen LogP contribution is 2.26. The highest BCUT2D eigenvalue weighted by atomic mass is 35.5. The minimum absolute atomic E-state index is 0.0636. The monoisotopic (exact) mass is 299 g/mol. The van der Waals surface area contributed by atoms with E-state index in [1.54, 1.807) is 19.4 Å². The third-order valence-electron chi connectivity index (χ3n) is 3.49. The van der Waals surface area contributed by atoms with E-state index in [-0.39, 0.29) is 5.78 Å². The van der Waals surface area contributed by atoms with E-state index >= 15 is 0 Å². The fraction of sp³-hybridized carbons (Fsp3) is 0.118. The molecule has 106 valence electrons. The number of H-pyrrole nitrogens is 1. The Bertz CT molecular complexity index is 790. The number of ether oxygens (including phenoxy) is 1. The van der Waals surface area contributed by atoms with Crippen LogP contribution in [0.5, 0.6) is 5.75 Å². The van der Waals surface area contributed by atoms with E-state index in [0.717, 1.165) is 22.2 Å². The lowest BCUT2D eigenvalue weighted by atomic mass is 10.0. The van der Waals surface area contributed by atoms with Gasteiger partial charge < -0.3 is 9.72 Å². The van der Waals surface area contributed by atoms with Crippen LogP contribution in [-0.4, -0.2) is 17.9 Å². The number of methoxy groups -OCH3 is 1. The molecule has 0 aliphatic heterocycles. The summed E-state index contributed by atoms with van der Waals surface area (Å²) >= 11 is 6.11. The van der Waals surface area contributed by atoms with Gasteiger partial charge in [0, 0.05) is 23.6 Å². The van der Waals surface area contributed by atoms with Crippen molar-refractivity contribution in [1.29, 1.82) is 0 Å². The Morgan fingerprint density at radius 1 is 1.19 bits per heavy atom. The smallest absolute Gasteiger partial charge is 0.169 e. The van der Waals surface area contributed by atoms with Crippen molar-refractivity contribution in [1.82, 2.24) is 4.98 Å². The summed E-state index contributed by atoms with van der Waals surface area (Å²) in [5, 5.41) is 1.48. The molecular formula is C17H14ClNO2. The summed E-state index contributed by atoms with van der Waals surface area (Å²) in [5.41, 5.74) is 2.43. The molecule has 1 N–H and O–H groups in total. The van der Waals surface area contributed by atoms with Crippen molar-refractivity contribution in [2.75, 3.05) is 7.11 Å². The Kier molecular flexibility index (Phi) is 3.67. The molecule has 3 aromatic rings. The normalized spacial score (nSPS) is 10.8. The highest BCUT2D eigenvalue weighted by molar-refractivity contribution is 6.35. The van der Waals surface area contributed by atoms with Crippen LogP contribution in [0.25, 0.3) is 10.9 Å². The van der Waals surface area contributed by atoms with Crippen LogP contribution in [0.2, 0.25) is 5.02 Å². The summed E-state index contributed by atoms with van der Waals surface area (Å²) in [4.78, 5) is 15.5. The number of halogens is 1. The van der Waals surface area contributed by atoms with Gasteiger partial charge in [-0.05, 0) is 23.8 Å². The van der Waals surface area contributed by atoms with Gasteiger partial charge in [-0.3, -0.25) is 4.79 Å². The van der Waals surface area contributed by atoms with E-state index < -0.39 is 0 Å². The molecular weight excluding hydrogens is 286 g/mol. The summed E-state index contributed by atoms with van der Waals surface area (Å²) < 4.78 is 5.11. The number of para-hydroxylation sites is 1. The molecule has 0 fully saturated rings. The number of rotatable bonds is 4. The van der Waals surface area contributed by atoms with Crippen molar-refractivity contribution in [3.63, 3.8) is 0 Å². The van der Waals surface area contributed by atoms with Crippen molar-refractivity contribution < 1.29 is 9.53 Å². The molecule has 0 amide bonds. The first kappa shape index (κ1) is 13.7. The van der Waals surface area contributed by atoms with Gasteiger partial charge in [-0.15, -0.1) is 0 Å². The second-order valence-corrected chi connectivity index (χ2v) is 5.22. The van der Waals surface area contributed by atoms with Crippen LogP contribution < -0.4 is 4.74 Å². The maximum Gasteiger partial charge on any atom is 0.169 e. The zero-order valence-electron chi connectivity index (χ0n) is 11.5. The van der Waals surface area contributed by atoms with Gasteiger partial charge in [-0.2, -0.15) is 0 Å². The van der Waals surface area contributed by atoms with Crippen LogP contribution >= 0.6 is 11.6 Å². The number of benzene rings is 2. The third-order valence-corrected chi connectivity index (χ3v) is 3.80. The zero-order chi connectivity index (χ0) is 14.8. The molecule has 1 heterocycles.